The lowest BCUT2D eigenvalue weighted by molar-refractivity contribution is -0.0282. The summed E-state index contributed by atoms with van der Waals surface area (Å²) in [5.41, 5.74) is 4.93. The minimum Gasteiger partial charge on any atom is -0.487 e. The summed E-state index contributed by atoms with van der Waals surface area (Å²) in [5, 5.41) is 9.92. The molecule has 0 saturated heterocycles. The lowest BCUT2D eigenvalue weighted by Gasteiger charge is -2.59. The molecule has 1 spiro atoms. The van der Waals surface area contributed by atoms with Crippen LogP contribution in [0.4, 0.5) is 0 Å². The fraction of sp³-hybridized carbons (Fsp3) is 0.609. The number of hydrogen-bond donors (Lipinski definition) is 1. The quantitative estimate of drug-likeness (QED) is 0.566. The number of rotatable bonds is 5. The lowest BCUT2D eigenvalue weighted by Crippen LogP contribution is -2.59. The van der Waals surface area contributed by atoms with E-state index < -0.39 is 5.97 Å². The third-order valence-corrected chi connectivity index (χ3v) is 6.84. The molecular formula is C23H30O3. The summed E-state index contributed by atoms with van der Waals surface area (Å²) in [6.07, 6.45) is 9.65. The van der Waals surface area contributed by atoms with Crippen molar-refractivity contribution >= 4 is 5.97 Å². The zero-order chi connectivity index (χ0) is 18.7. The number of unbranched alkanes of at least 4 members (excludes halogenated alkanes) is 2. The van der Waals surface area contributed by atoms with Gasteiger partial charge in [0.1, 0.15) is 11.4 Å². The van der Waals surface area contributed by atoms with Crippen molar-refractivity contribution in [1.29, 1.82) is 0 Å². The highest BCUT2D eigenvalue weighted by atomic mass is 16.5. The van der Waals surface area contributed by atoms with Crippen LogP contribution in [0.5, 0.6) is 5.75 Å². The van der Waals surface area contributed by atoms with Gasteiger partial charge in [0.15, 0.2) is 0 Å². The van der Waals surface area contributed by atoms with Gasteiger partial charge in [0.05, 0.1) is 5.56 Å². The maximum absolute atomic E-state index is 12.1. The number of carbonyl (C=O) groups is 1. The van der Waals surface area contributed by atoms with Crippen LogP contribution in [0.3, 0.4) is 0 Å². The first-order valence-electron chi connectivity index (χ1n) is 10.1. The van der Waals surface area contributed by atoms with E-state index in [1.807, 2.05) is 0 Å². The van der Waals surface area contributed by atoms with Gasteiger partial charge in [0, 0.05) is 16.9 Å². The highest BCUT2D eigenvalue weighted by Crippen LogP contribution is 2.63. The Kier molecular flexibility index (Phi) is 3.98. The van der Waals surface area contributed by atoms with Crippen LogP contribution in [0.1, 0.15) is 86.8 Å². The zero-order valence-electron chi connectivity index (χ0n) is 16.4. The molecule has 4 rings (SSSR count). The Morgan fingerprint density at radius 1 is 1.35 bits per heavy atom. The van der Waals surface area contributed by atoms with E-state index in [1.165, 1.54) is 11.1 Å². The van der Waals surface area contributed by atoms with Gasteiger partial charge in [-0.1, -0.05) is 31.4 Å². The van der Waals surface area contributed by atoms with E-state index in [-0.39, 0.29) is 11.0 Å². The first kappa shape index (κ1) is 17.6. The first-order valence-corrected chi connectivity index (χ1v) is 10.1. The number of hydrogen-bond acceptors (Lipinski definition) is 2. The topological polar surface area (TPSA) is 46.5 Å². The van der Waals surface area contributed by atoms with E-state index >= 15 is 0 Å². The molecule has 2 atom stereocenters. The van der Waals surface area contributed by atoms with Crippen molar-refractivity contribution in [2.75, 3.05) is 0 Å². The van der Waals surface area contributed by atoms with Gasteiger partial charge in [-0.2, -0.15) is 0 Å². The number of aryl methyl sites for hydroxylation is 1. The largest absolute Gasteiger partial charge is 0.487 e. The summed E-state index contributed by atoms with van der Waals surface area (Å²) in [5.74, 6) is 0.586. The molecule has 1 N–H and O–H groups in total. The summed E-state index contributed by atoms with van der Waals surface area (Å²) in [6.45, 7) is 8.79. The van der Waals surface area contributed by atoms with Crippen molar-refractivity contribution in [1.82, 2.24) is 0 Å². The number of aromatic carboxylic acids is 1. The standard InChI is InChI=1S/C23H30O3/c1-5-6-7-8-15-11-17-20-16(19(15)21(24)25)13-23(20)12-14(2)9-10-18(23)22(3,4)26-17/h11-12,18H,5-10,13H2,1-4H3,(H,24,25)/t18-,23-/m0/s1. The summed E-state index contributed by atoms with van der Waals surface area (Å²) >= 11 is 0. The molecule has 3 heteroatoms. The Morgan fingerprint density at radius 3 is 2.81 bits per heavy atom. The van der Waals surface area contributed by atoms with Crippen molar-refractivity contribution in [3.63, 3.8) is 0 Å². The average Bonchev–Trinajstić information content (AvgIpc) is 2.52. The van der Waals surface area contributed by atoms with Crippen molar-refractivity contribution in [3.8, 4) is 5.75 Å². The van der Waals surface area contributed by atoms with E-state index in [1.54, 1.807) is 0 Å². The highest BCUT2D eigenvalue weighted by molar-refractivity contribution is 5.94. The molecule has 140 valence electrons. The molecule has 1 aromatic rings. The molecule has 0 amide bonds. The molecular weight excluding hydrogens is 324 g/mol. The molecule has 2 aliphatic carbocycles. The van der Waals surface area contributed by atoms with Gasteiger partial charge >= 0.3 is 5.97 Å². The average molecular weight is 354 g/mol. The Labute approximate surface area is 156 Å². The third kappa shape index (κ3) is 2.35. The number of carboxylic acid groups (broad SMARTS) is 1. The van der Waals surface area contributed by atoms with Crippen LogP contribution < -0.4 is 4.74 Å². The van der Waals surface area contributed by atoms with Crippen LogP contribution >= 0.6 is 0 Å². The second-order valence-electron chi connectivity index (χ2n) is 9.03. The molecule has 0 fully saturated rings. The van der Waals surface area contributed by atoms with Crippen LogP contribution in [-0.4, -0.2) is 16.7 Å². The smallest absolute Gasteiger partial charge is 0.336 e. The second kappa shape index (κ2) is 5.87. The van der Waals surface area contributed by atoms with E-state index in [2.05, 4.69) is 39.8 Å². The summed E-state index contributed by atoms with van der Waals surface area (Å²) in [6, 6.07) is 2.05. The third-order valence-electron chi connectivity index (χ3n) is 6.84. The van der Waals surface area contributed by atoms with Crippen LogP contribution in [0.2, 0.25) is 0 Å². The summed E-state index contributed by atoms with van der Waals surface area (Å²) in [4.78, 5) is 12.1. The predicted molar refractivity (Wildman–Crippen MR) is 103 cm³/mol. The maximum Gasteiger partial charge on any atom is 0.336 e. The van der Waals surface area contributed by atoms with Crippen LogP contribution in [0.25, 0.3) is 0 Å². The first-order chi connectivity index (χ1) is 12.3. The molecule has 0 radical (unpaired) electrons. The fourth-order valence-electron chi connectivity index (χ4n) is 5.83. The number of ether oxygens (including phenoxy) is 1. The molecule has 26 heavy (non-hydrogen) atoms. The number of carboxylic acids is 1. The van der Waals surface area contributed by atoms with Gasteiger partial charge in [0.25, 0.3) is 0 Å². The zero-order valence-corrected chi connectivity index (χ0v) is 16.4. The number of benzene rings is 1. The van der Waals surface area contributed by atoms with E-state index in [4.69, 9.17) is 4.74 Å². The van der Waals surface area contributed by atoms with Gasteiger partial charge in [-0.25, -0.2) is 4.79 Å². The minimum absolute atomic E-state index is 0.0130. The minimum atomic E-state index is -0.776. The number of allylic oxidation sites excluding steroid dienone is 2. The fourth-order valence-corrected chi connectivity index (χ4v) is 5.83. The van der Waals surface area contributed by atoms with Gasteiger partial charge in [-0.05, 0) is 70.1 Å². The van der Waals surface area contributed by atoms with Crippen molar-refractivity contribution in [3.05, 3.63) is 40.0 Å². The highest BCUT2D eigenvalue weighted by Gasteiger charge is 2.60. The van der Waals surface area contributed by atoms with Crippen LogP contribution in [-0.2, 0) is 18.3 Å². The Hall–Kier alpha value is -1.77. The van der Waals surface area contributed by atoms with E-state index in [9.17, 15) is 9.90 Å². The van der Waals surface area contributed by atoms with E-state index in [0.29, 0.717) is 11.5 Å². The normalized spacial score (nSPS) is 27.5. The molecule has 0 aromatic heterocycles. The molecule has 1 aromatic carbocycles. The molecule has 1 heterocycles. The SMILES string of the molecule is CCCCCc1cc2c3c(c1C(=O)O)C[C@]31C=C(C)CC[C@H]1C(C)(C)O2. The Bertz CT molecular complexity index is 802. The van der Waals surface area contributed by atoms with Gasteiger partial charge in [0.2, 0.25) is 0 Å². The molecule has 1 aliphatic heterocycles. The van der Waals surface area contributed by atoms with Crippen molar-refractivity contribution in [2.45, 2.75) is 83.7 Å². The Morgan fingerprint density at radius 2 is 2.12 bits per heavy atom. The molecule has 0 unspecified atom stereocenters. The summed E-state index contributed by atoms with van der Waals surface area (Å²) < 4.78 is 6.49. The lowest BCUT2D eigenvalue weighted by atomic mass is 9.48. The van der Waals surface area contributed by atoms with Crippen LogP contribution in [0.15, 0.2) is 17.7 Å². The van der Waals surface area contributed by atoms with Crippen LogP contribution in [0, 0.1) is 5.92 Å². The molecule has 3 nitrogen and oxygen atoms in total. The monoisotopic (exact) mass is 354 g/mol. The second-order valence-corrected chi connectivity index (χ2v) is 9.03. The van der Waals surface area contributed by atoms with Gasteiger partial charge in [-0.15, -0.1) is 0 Å². The molecule has 3 aliphatic rings. The van der Waals surface area contributed by atoms with Crippen molar-refractivity contribution < 1.29 is 14.6 Å². The Balaban J connectivity index is 1.88. The molecule has 0 saturated carbocycles. The van der Waals surface area contributed by atoms with Crippen molar-refractivity contribution in [2.24, 2.45) is 5.92 Å². The van der Waals surface area contributed by atoms with E-state index in [0.717, 1.165) is 61.8 Å². The maximum atomic E-state index is 12.1. The van der Waals surface area contributed by atoms with Gasteiger partial charge in [-0.3, -0.25) is 0 Å². The predicted octanol–water partition coefficient (Wildman–Crippen LogP) is 5.44. The summed E-state index contributed by atoms with van der Waals surface area (Å²) in [7, 11) is 0. The van der Waals surface area contributed by atoms with Gasteiger partial charge < -0.3 is 9.84 Å². The molecule has 0 bridgehead atoms.